The average molecular weight is 404 g/mol. The molecule has 4 nitrogen and oxygen atoms in total. The molecule has 2 aromatic carbocycles. The van der Waals surface area contributed by atoms with Gasteiger partial charge in [0.15, 0.2) is 6.04 Å². The highest BCUT2D eigenvalue weighted by Gasteiger charge is 2.51. The van der Waals surface area contributed by atoms with Crippen LogP contribution in [0.3, 0.4) is 0 Å². The van der Waals surface area contributed by atoms with Crippen LogP contribution in [0.15, 0.2) is 59.6 Å². The molecule has 8 heteroatoms. The summed E-state index contributed by atoms with van der Waals surface area (Å²) >= 11 is 0.706. The van der Waals surface area contributed by atoms with Crippen LogP contribution in [0.25, 0.3) is 0 Å². The minimum Gasteiger partial charge on any atom is -0.508 e. The molecule has 3 rings (SSSR count). The molecule has 144 valence electrons. The summed E-state index contributed by atoms with van der Waals surface area (Å²) < 4.78 is 40.0. The van der Waals surface area contributed by atoms with E-state index in [9.17, 15) is 23.1 Å². The molecule has 0 aromatic heterocycles. The largest absolute Gasteiger partial charge is 0.508 e. The summed E-state index contributed by atoms with van der Waals surface area (Å²) in [5.74, 6) is 4.60. The lowest BCUT2D eigenvalue weighted by Gasteiger charge is -2.19. The number of benzene rings is 2. The minimum absolute atomic E-state index is 0.0461. The number of nitrogens with zero attached hydrogens (tertiary/aromatic N) is 1. The number of amides is 1. The molecule has 1 heterocycles. The van der Waals surface area contributed by atoms with Gasteiger partial charge in [0.05, 0.1) is 0 Å². The van der Waals surface area contributed by atoms with Crippen LogP contribution in [-0.2, 0) is 11.3 Å². The Morgan fingerprint density at radius 2 is 1.79 bits per heavy atom. The predicted octanol–water partition coefficient (Wildman–Crippen LogP) is 3.50. The zero-order valence-corrected chi connectivity index (χ0v) is 15.2. The molecule has 0 fully saturated rings. The summed E-state index contributed by atoms with van der Waals surface area (Å²) in [6, 6.07) is 12.7. The highest BCUT2D eigenvalue weighted by Crippen LogP contribution is 2.37. The molecule has 28 heavy (non-hydrogen) atoms. The Balaban J connectivity index is 1.71. The van der Waals surface area contributed by atoms with Crippen molar-refractivity contribution in [3.05, 3.63) is 65.7 Å². The highest BCUT2D eigenvalue weighted by molar-refractivity contribution is 8.16. The van der Waals surface area contributed by atoms with Crippen LogP contribution in [0.5, 0.6) is 5.75 Å². The van der Waals surface area contributed by atoms with Crippen molar-refractivity contribution in [1.82, 2.24) is 5.32 Å². The summed E-state index contributed by atoms with van der Waals surface area (Å²) in [5, 5.41) is 10.3. The Morgan fingerprint density at radius 3 is 2.43 bits per heavy atom. The van der Waals surface area contributed by atoms with Crippen LogP contribution in [0.4, 0.5) is 13.2 Å². The quantitative estimate of drug-likeness (QED) is 0.770. The first-order valence-electron chi connectivity index (χ1n) is 8.27. The Hall–Kier alpha value is -2.92. The van der Waals surface area contributed by atoms with E-state index in [4.69, 9.17) is 0 Å². The van der Waals surface area contributed by atoms with Crippen molar-refractivity contribution in [2.75, 3.05) is 0 Å². The standard InChI is InChI=1S/C20H15F3N2O2S/c21-20(22,23)18-17(19(27)24-12-14-4-2-1-3-5-14)28-16(25-18)11-8-13-6-9-15(26)10-7-13/h1-7,9-10,17-18,26H,12H2,(H,24,27). The van der Waals surface area contributed by atoms with Crippen molar-refractivity contribution < 1.29 is 23.1 Å². The van der Waals surface area contributed by atoms with E-state index in [-0.39, 0.29) is 17.3 Å². The molecule has 1 aliphatic heterocycles. The topological polar surface area (TPSA) is 61.7 Å². The molecule has 2 N–H and O–H groups in total. The molecule has 0 radical (unpaired) electrons. The molecule has 1 aliphatic rings. The van der Waals surface area contributed by atoms with Crippen LogP contribution < -0.4 is 5.32 Å². The lowest BCUT2D eigenvalue weighted by molar-refractivity contribution is -0.151. The van der Waals surface area contributed by atoms with E-state index < -0.39 is 23.4 Å². The van der Waals surface area contributed by atoms with E-state index in [1.165, 1.54) is 24.3 Å². The van der Waals surface area contributed by atoms with Gasteiger partial charge in [-0.05, 0) is 35.7 Å². The van der Waals surface area contributed by atoms with E-state index in [0.717, 1.165) is 5.56 Å². The number of hydrogen-bond donors (Lipinski definition) is 2. The first kappa shape index (κ1) is 19.8. The third kappa shape index (κ3) is 5.08. The van der Waals surface area contributed by atoms with Crippen molar-refractivity contribution in [1.29, 1.82) is 0 Å². The van der Waals surface area contributed by atoms with Crippen LogP contribution in [0.1, 0.15) is 11.1 Å². The Morgan fingerprint density at radius 1 is 1.11 bits per heavy atom. The fourth-order valence-corrected chi connectivity index (χ4v) is 3.53. The van der Waals surface area contributed by atoms with Gasteiger partial charge < -0.3 is 10.4 Å². The molecule has 2 aromatic rings. The zero-order valence-electron chi connectivity index (χ0n) is 14.4. The molecule has 0 saturated carbocycles. The van der Waals surface area contributed by atoms with Gasteiger partial charge in [-0.2, -0.15) is 13.2 Å². The third-order valence-corrected chi connectivity index (χ3v) is 5.02. The SMILES string of the molecule is O=C(NCc1ccccc1)C1SC(C#Cc2ccc(O)cc2)=NC1C(F)(F)F. The van der Waals surface area contributed by atoms with E-state index in [1.54, 1.807) is 24.3 Å². The number of alkyl halides is 3. The number of nitrogens with one attached hydrogen (secondary N) is 1. The van der Waals surface area contributed by atoms with Gasteiger partial charge in [-0.1, -0.05) is 48.0 Å². The number of phenols is 1. The average Bonchev–Trinajstić information content (AvgIpc) is 3.11. The van der Waals surface area contributed by atoms with Gasteiger partial charge in [-0.3, -0.25) is 9.79 Å². The molecule has 2 unspecified atom stereocenters. The maximum Gasteiger partial charge on any atom is 0.412 e. The first-order chi connectivity index (χ1) is 13.3. The Bertz CT molecular complexity index is 932. The summed E-state index contributed by atoms with van der Waals surface area (Å²) in [7, 11) is 0. The summed E-state index contributed by atoms with van der Waals surface area (Å²) in [6.07, 6.45) is -4.65. The van der Waals surface area contributed by atoms with Crippen molar-refractivity contribution in [2.45, 2.75) is 24.0 Å². The van der Waals surface area contributed by atoms with Crippen LogP contribution in [-0.4, -0.2) is 33.5 Å². The van der Waals surface area contributed by atoms with E-state index in [0.29, 0.717) is 17.3 Å². The van der Waals surface area contributed by atoms with Gasteiger partial charge in [0, 0.05) is 12.1 Å². The molecule has 0 saturated heterocycles. The fraction of sp³-hybridized carbons (Fsp3) is 0.200. The van der Waals surface area contributed by atoms with Gasteiger partial charge in [0.1, 0.15) is 16.0 Å². The molecular weight excluding hydrogens is 389 g/mol. The van der Waals surface area contributed by atoms with Gasteiger partial charge in [-0.15, -0.1) is 0 Å². The first-order valence-corrected chi connectivity index (χ1v) is 9.15. The monoisotopic (exact) mass is 404 g/mol. The van der Waals surface area contributed by atoms with Crippen LogP contribution >= 0.6 is 11.8 Å². The number of rotatable bonds is 3. The van der Waals surface area contributed by atoms with Crippen LogP contribution in [0.2, 0.25) is 0 Å². The second-order valence-corrected chi connectivity index (χ2v) is 7.09. The number of phenolic OH excluding ortho intramolecular Hbond substituents is 1. The number of thioether (sulfide) groups is 1. The molecule has 1 amide bonds. The molecular formula is C20H15F3N2O2S. The number of carbonyl (C=O) groups is 1. The second-order valence-electron chi connectivity index (χ2n) is 5.96. The Labute approximate surface area is 163 Å². The van der Waals surface area contributed by atoms with E-state index >= 15 is 0 Å². The Kier molecular flexibility index (Phi) is 5.95. The maximum atomic E-state index is 13.3. The van der Waals surface area contributed by atoms with Gasteiger partial charge in [-0.25, -0.2) is 0 Å². The second kappa shape index (κ2) is 8.40. The number of aromatic hydroxyl groups is 1. The maximum absolute atomic E-state index is 13.3. The van der Waals surface area contributed by atoms with Crippen molar-refractivity contribution in [3.63, 3.8) is 0 Å². The smallest absolute Gasteiger partial charge is 0.412 e. The highest BCUT2D eigenvalue weighted by atomic mass is 32.2. The number of hydrogen-bond acceptors (Lipinski definition) is 4. The molecule has 2 atom stereocenters. The lowest BCUT2D eigenvalue weighted by Crippen LogP contribution is -2.44. The summed E-state index contributed by atoms with van der Waals surface area (Å²) in [4.78, 5) is 16.0. The number of carbonyl (C=O) groups excluding carboxylic acids is 1. The molecule has 0 spiro atoms. The minimum atomic E-state index is -4.65. The molecule has 0 bridgehead atoms. The van der Waals surface area contributed by atoms with Crippen molar-refractivity contribution in [2.24, 2.45) is 4.99 Å². The van der Waals surface area contributed by atoms with Gasteiger partial charge in [0.2, 0.25) is 5.91 Å². The molecule has 0 aliphatic carbocycles. The van der Waals surface area contributed by atoms with Crippen LogP contribution in [0, 0.1) is 11.8 Å². The van der Waals surface area contributed by atoms with Gasteiger partial charge >= 0.3 is 6.18 Å². The fourth-order valence-electron chi connectivity index (χ4n) is 2.47. The zero-order chi connectivity index (χ0) is 20.1. The van der Waals surface area contributed by atoms with Crippen molar-refractivity contribution in [3.8, 4) is 17.6 Å². The van der Waals surface area contributed by atoms with Crippen molar-refractivity contribution >= 4 is 22.7 Å². The number of halogens is 3. The van der Waals surface area contributed by atoms with E-state index in [2.05, 4.69) is 22.2 Å². The summed E-state index contributed by atoms with van der Waals surface area (Å²) in [6.45, 7) is 0.135. The normalized spacial score (nSPS) is 18.8. The van der Waals surface area contributed by atoms with E-state index in [1.807, 2.05) is 6.07 Å². The van der Waals surface area contributed by atoms with Gasteiger partial charge in [0.25, 0.3) is 0 Å². The lowest BCUT2D eigenvalue weighted by atomic mass is 10.1. The predicted molar refractivity (Wildman–Crippen MR) is 102 cm³/mol. The number of aliphatic imine (C=N–C) groups is 1. The third-order valence-electron chi connectivity index (χ3n) is 3.87. The summed E-state index contributed by atoms with van der Waals surface area (Å²) in [5.41, 5.74) is 1.30.